The fourth-order valence-corrected chi connectivity index (χ4v) is 1.67. The van der Waals surface area contributed by atoms with E-state index in [4.69, 9.17) is 22.0 Å². The van der Waals surface area contributed by atoms with E-state index in [0.717, 1.165) is 10.9 Å². The second-order valence-corrected chi connectivity index (χ2v) is 4.37. The largest absolute Gasteiger partial charge is 0.476 e. The molecule has 0 saturated heterocycles. The highest BCUT2D eigenvalue weighted by Crippen LogP contribution is 2.22. The van der Waals surface area contributed by atoms with E-state index in [0.29, 0.717) is 11.3 Å². The van der Waals surface area contributed by atoms with E-state index in [9.17, 15) is 9.59 Å². The maximum Gasteiger partial charge on any atom is 0.358 e. The maximum atomic E-state index is 11.8. The van der Waals surface area contributed by atoms with Crippen molar-refractivity contribution in [2.24, 2.45) is 0 Å². The molecule has 21 heavy (non-hydrogen) atoms. The molecule has 0 saturated carbocycles. The number of rotatable bonds is 4. The first-order valence-corrected chi connectivity index (χ1v) is 6.00. The number of carboxylic acid groups (broad SMARTS) is 1. The second-order valence-electron chi connectivity index (χ2n) is 3.96. The molecule has 106 valence electrons. The maximum absolute atomic E-state index is 11.8. The van der Waals surface area contributed by atoms with Crippen LogP contribution in [0, 0.1) is 11.3 Å². The Balaban J connectivity index is 2.08. The van der Waals surface area contributed by atoms with Crippen LogP contribution in [-0.4, -0.2) is 32.0 Å². The smallest absolute Gasteiger partial charge is 0.358 e. The number of anilines is 1. The third-order valence-corrected chi connectivity index (χ3v) is 2.76. The van der Waals surface area contributed by atoms with Gasteiger partial charge in [0.05, 0.1) is 28.5 Å². The fourth-order valence-electron chi connectivity index (χ4n) is 1.50. The molecule has 1 amide bonds. The van der Waals surface area contributed by atoms with Gasteiger partial charge in [-0.3, -0.25) is 4.79 Å². The average Bonchev–Trinajstić information content (AvgIpc) is 2.90. The van der Waals surface area contributed by atoms with Crippen molar-refractivity contribution in [1.82, 2.24) is 15.0 Å². The van der Waals surface area contributed by atoms with E-state index >= 15 is 0 Å². The number of halogens is 1. The lowest BCUT2D eigenvalue weighted by molar-refractivity contribution is -0.116. The molecule has 0 aliphatic rings. The van der Waals surface area contributed by atoms with Crippen molar-refractivity contribution < 1.29 is 14.7 Å². The number of carbonyl (C=O) groups is 2. The number of benzene rings is 1. The highest BCUT2D eigenvalue weighted by Gasteiger charge is 2.12. The molecule has 2 rings (SSSR count). The topological polar surface area (TPSA) is 121 Å². The molecule has 0 bridgehead atoms. The minimum Gasteiger partial charge on any atom is -0.476 e. The number of amides is 1. The number of nitrogens with zero attached hydrogens (tertiary/aromatic N) is 4. The van der Waals surface area contributed by atoms with E-state index in [2.05, 4.69) is 15.6 Å². The third-order valence-electron chi connectivity index (χ3n) is 2.43. The molecule has 0 fully saturated rings. The molecule has 0 atom stereocenters. The molecule has 0 aliphatic carbocycles. The Bertz CT molecular complexity index is 750. The van der Waals surface area contributed by atoms with E-state index in [-0.39, 0.29) is 17.3 Å². The van der Waals surface area contributed by atoms with Gasteiger partial charge in [0.25, 0.3) is 0 Å². The van der Waals surface area contributed by atoms with Crippen LogP contribution in [0.3, 0.4) is 0 Å². The Morgan fingerprint density at radius 1 is 1.48 bits per heavy atom. The number of aromatic carboxylic acids is 1. The molecule has 1 aromatic heterocycles. The van der Waals surface area contributed by atoms with E-state index in [1.165, 1.54) is 18.2 Å². The predicted octanol–water partition coefficient (Wildman–Crippen LogP) is 1.14. The molecule has 1 aromatic carbocycles. The molecular formula is C12H8ClN5O3. The Kier molecular flexibility index (Phi) is 4.15. The van der Waals surface area contributed by atoms with E-state index in [1.807, 2.05) is 6.07 Å². The van der Waals surface area contributed by atoms with Crippen molar-refractivity contribution in [3.05, 3.63) is 40.7 Å². The monoisotopic (exact) mass is 305 g/mol. The molecule has 0 radical (unpaired) electrons. The van der Waals surface area contributed by atoms with Crippen molar-refractivity contribution in [1.29, 1.82) is 5.26 Å². The minimum absolute atomic E-state index is 0.229. The number of hydrogen-bond acceptors (Lipinski definition) is 5. The SMILES string of the molecule is N#Cc1ccc(Cl)c(NC(=O)Cn2cc(C(=O)O)nn2)c1. The summed E-state index contributed by atoms with van der Waals surface area (Å²) in [6, 6.07) is 6.38. The van der Waals surface area contributed by atoms with Crippen molar-refractivity contribution in [2.75, 3.05) is 5.32 Å². The summed E-state index contributed by atoms with van der Waals surface area (Å²) in [5, 5.41) is 27.2. The van der Waals surface area contributed by atoms with Crippen LogP contribution in [0.15, 0.2) is 24.4 Å². The van der Waals surface area contributed by atoms with Gasteiger partial charge < -0.3 is 10.4 Å². The van der Waals surface area contributed by atoms with E-state index in [1.54, 1.807) is 0 Å². The number of carbonyl (C=O) groups excluding carboxylic acids is 1. The summed E-state index contributed by atoms with van der Waals surface area (Å²) in [5.41, 5.74) is 0.384. The third kappa shape index (κ3) is 3.55. The molecule has 0 spiro atoms. The van der Waals surface area contributed by atoms with Crippen molar-refractivity contribution in [2.45, 2.75) is 6.54 Å². The molecule has 2 N–H and O–H groups in total. The minimum atomic E-state index is -1.23. The number of carboxylic acids is 1. The molecule has 0 unspecified atom stereocenters. The molecule has 8 nitrogen and oxygen atoms in total. The fraction of sp³-hybridized carbons (Fsp3) is 0.0833. The van der Waals surface area contributed by atoms with Gasteiger partial charge >= 0.3 is 5.97 Å². The summed E-state index contributed by atoms with van der Waals surface area (Å²) in [5.74, 6) is -1.71. The highest BCUT2D eigenvalue weighted by molar-refractivity contribution is 6.33. The molecule has 9 heteroatoms. The van der Waals surface area contributed by atoms with Crippen LogP contribution < -0.4 is 5.32 Å². The normalized spacial score (nSPS) is 9.90. The van der Waals surface area contributed by atoms with Crippen molar-refractivity contribution in [3.8, 4) is 6.07 Å². The van der Waals surface area contributed by atoms with Crippen LogP contribution >= 0.6 is 11.6 Å². The van der Waals surface area contributed by atoms with Gasteiger partial charge in [-0.1, -0.05) is 16.8 Å². The lowest BCUT2D eigenvalue weighted by Gasteiger charge is -2.07. The average molecular weight is 306 g/mol. The molecular weight excluding hydrogens is 298 g/mol. The van der Waals surface area contributed by atoms with Gasteiger partial charge in [-0.05, 0) is 18.2 Å². The van der Waals surface area contributed by atoms with Crippen LogP contribution in [0.25, 0.3) is 0 Å². The summed E-state index contributed by atoms with van der Waals surface area (Å²) in [4.78, 5) is 22.5. The summed E-state index contributed by atoms with van der Waals surface area (Å²) < 4.78 is 1.08. The number of hydrogen-bond donors (Lipinski definition) is 2. The first kappa shape index (κ1) is 14.5. The molecule has 0 aliphatic heterocycles. The van der Waals surface area contributed by atoms with Gasteiger partial charge in [0.1, 0.15) is 6.54 Å². The quantitative estimate of drug-likeness (QED) is 0.873. The van der Waals surface area contributed by atoms with Gasteiger partial charge in [0.15, 0.2) is 5.69 Å². The molecule has 2 aromatic rings. The van der Waals surface area contributed by atoms with Gasteiger partial charge in [-0.25, -0.2) is 9.48 Å². The van der Waals surface area contributed by atoms with Crippen LogP contribution in [0.2, 0.25) is 5.02 Å². The standard InChI is InChI=1S/C12H8ClN5O3/c13-8-2-1-7(4-14)3-9(8)15-11(19)6-18-5-10(12(20)21)16-17-18/h1-3,5H,6H2,(H,15,19)(H,20,21). The zero-order valence-electron chi connectivity index (χ0n) is 10.4. The van der Waals surface area contributed by atoms with Crippen LogP contribution in [-0.2, 0) is 11.3 Å². The van der Waals surface area contributed by atoms with Crippen LogP contribution in [0.5, 0.6) is 0 Å². The Hall–Kier alpha value is -2.92. The predicted molar refractivity (Wildman–Crippen MR) is 71.8 cm³/mol. The summed E-state index contributed by atoms with van der Waals surface area (Å²) in [6.45, 7) is -0.229. The summed E-state index contributed by atoms with van der Waals surface area (Å²) in [7, 11) is 0. The van der Waals surface area contributed by atoms with Crippen LogP contribution in [0.4, 0.5) is 5.69 Å². The summed E-state index contributed by atoms with van der Waals surface area (Å²) >= 11 is 5.91. The first-order valence-electron chi connectivity index (χ1n) is 5.62. The van der Waals surface area contributed by atoms with Gasteiger partial charge in [-0.15, -0.1) is 5.10 Å². The zero-order valence-corrected chi connectivity index (χ0v) is 11.2. The Morgan fingerprint density at radius 2 is 2.24 bits per heavy atom. The van der Waals surface area contributed by atoms with E-state index < -0.39 is 11.9 Å². The first-order chi connectivity index (χ1) is 9.99. The second kappa shape index (κ2) is 6.02. The molecule has 1 heterocycles. The van der Waals surface area contributed by atoms with Crippen molar-refractivity contribution in [3.63, 3.8) is 0 Å². The number of nitriles is 1. The highest BCUT2D eigenvalue weighted by atomic mass is 35.5. The lowest BCUT2D eigenvalue weighted by atomic mass is 10.2. The van der Waals surface area contributed by atoms with Crippen LogP contribution in [0.1, 0.15) is 16.1 Å². The van der Waals surface area contributed by atoms with Gasteiger partial charge in [0, 0.05) is 0 Å². The number of aromatic nitrogens is 3. The zero-order chi connectivity index (χ0) is 15.4. The lowest BCUT2D eigenvalue weighted by Crippen LogP contribution is -2.19. The van der Waals surface area contributed by atoms with Gasteiger partial charge in [-0.2, -0.15) is 5.26 Å². The number of nitrogens with one attached hydrogen (secondary N) is 1. The Labute approximate surface area is 123 Å². The summed E-state index contributed by atoms with van der Waals surface area (Å²) in [6.07, 6.45) is 1.13. The van der Waals surface area contributed by atoms with Gasteiger partial charge in [0.2, 0.25) is 5.91 Å². The Morgan fingerprint density at radius 3 is 2.86 bits per heavy atom. The van der Waals surface area contributed by atoms with Crippen molar-refractivity contribution >= 4 is 29.2 Å².